The zero-order chi connectivity index (χ0) is 13.0. The molecule has 0 aliphatic heterocycles. The van der Waals surface area contributed by atoms with Gasteiger partial charge in [-0.05, 0) is 49.7 Å². The first-order valence-corrected chi connectivity index (χ1v) is 6.57. The van der Waals surface area contributed by atoms with Gasteiger partial charge in [0.1, 0.15) is 11.5 Å². The number of hydrogen-bond acceptors (Lipinski definition) is 3. The van der Waals surface area contributed by atoms with E-state index >= 15 is 0 Å². The first-order chi connectivity index (χ1) is 8.69. The van der Waals surface area contributed by atoms with Gasteiger partial charge in [-0.2, -0.15) is 0 Å². The first kappa shape index (κ1) is 13.1. The van der Waals surface area contributed by atoms with Crippen molar-refractivity contribution in [3.05, 3.63) is 52.3 Å². The number of halogens is 1. The number of aryl methyl sites for hydroxylation is 1. The molecule has 3 nitrogen and oxygen atoms in total. The van der Waals surface area contributed by atoms with E-state index in [1.165, 1.54) is 0 Å². The minimum atomic E-state index is 0.601. The molecule has 0 aliphatic carbocycles. The van der Waals surface area contributed by atoms with Gasteiger partial charge >= 0.3 is 0 Å². The summed E-state index contributed by atoms with van der Waals surface area (Å²) < 4.78 is 6.83. The Morgan fingerprint density at radius 3 is 2.78 bits per heavy atom. The molecule has 94 valence electrons. The van der Waals surface area contributed by atoms with Crippen molar-refractivity contribution < 1.29 is 4.74 Å². The molecule has 0 saturated heterocycles. The van der Waals surface area contributed by atoms with Crippen LogP contribution in [0.15, 0.2) is 41.0 Å². The third kappa shape index (κ3) is 3.31. The summed E-state index contributed by atoms with van der Waals surface area (Å²) in [5.74, 6) is 1.55. The summed E-state index contributed by atoms with van der Waals surface area (Å²) in [6, 6.07) is 9.80. The summed E-state index contributed by atoms with van der Waals surface area (Å²) in [5.41, 5.74) is 7.67. The van der Waals surface area contributed by atoms with Crippen LogP contribution in [0, 0.1) is 6.92 Å². The van der Waals surface area contributed by atoms with Crippen LogP contribution in [0.3, 0.4) is 0 Å². The lowest BCUT2D eigenvalue weighted by atomic mass is 10.1. The maximum absolute atomic E-state index is 5.85. The molecule has 18 heavy (non-hydrogen) atoms. The average molecular weight is 307 g/mol. The van der Waals surface area contributed by atoms with E-state index in [-0.39, 0.29) is 0 Å². The molecule has 2 N–H and O–H groups in total. The topological polar surface area (TPSA) is 48.1 Å². The lowest BCUT2D eigenvalue weighted by molar-refractivity contribution is 0.473. The Morgan fingerprint density at radius 1 is 1.28 bits per heavy atom. The highest BCUT2D eigenvalue weighted by Gasteiger charge is 2.05. The van der Waals surface area contributed by atoms with E-state index in [2.05, 4.69) is 20.9 Å². The van der Waals surface area contributed by atoms with Crippen LogP contribution in [0.1, 0.15) is 11.3 Å². The highest BCUT2D eigenvalue weighted by molar-refractivity contribution is 9.10. The van der Waals surface area contributed by atoms with Gasteiger partial charge in [-0.15, -0.1) is 0 Å². The van der Waals surface area contributed by atoms with Gasteiger partial charge in [0, 0.05) is 10.2 Å². The van der Waals surface area contributed by atoms with Crippen molar-refractivity contribution in [1.29, 1.82) is 0 Å². The Balaban J connectivity index is 2.26. The minimum Gasteiger partial charge on any atom is -0.455 e. The Kier molecular flexibility index (Phi) is 4.33. The monoisotopic (exact) mass is 306 g/mol. The highest BCUT2D eigenvalue weighted by Crippen LogP contribution is 2.28. The number of hydrogen-bond donors (Lipinski definition) is 1. The largest absolute Gasteiger partial charge is 0.455 e. The lowest BCUT2D eigenvalue weighted by Gasteiger charge is -2.11. The molecular weight excluding hydrogens is 292 g/mol. The molecule has 0 fully saturated rings. The van der Waals surface area contributed by atoms with Crippen LogP contribution >= 0.6 is 15.9 Å². The van der Waals surface area contributed by atoms with Gasteiger partial charge in [-0.3, -0.25) is 4.98 Å². The van der Waals surface area contributed by atoms with Gasteiger partial charge in [0.25, 0.3) is 0 Å². The van der Waals surface area contributed by atoms with Crippen LogP contribution in [-0.2, 0) is 6.42 Å². The predicted octanol–water partition coefficient (Wildman–Crippen LogP) is 3.45. The first-order valence-electron chi connectivity index (χ1n) is 5.78. The lowest BCUT2D eigenvalue weighted by Crippen LogP contribution is -2.04. The van der Waals surface area contributed by atoms with Gasteiger partial charge < -0.3 is 10.5 Å². The second-order valence-electron chi connectivity index (χ2n) is 4.03. The minimum absolute atomic E-state index is 0.601. The van der Waals surface area contributed by atoms with Crippen molar-refractivity contribution in [1.82, 2.24) is 4.98 Å². The number of nitrogens with zero attached hydrogens (tertiary/aromatic N) is 1. The van der Waals surface area contributed by atoms with Crippen molar-refractivity contribution in [2.24, 2.45) is 5.73 Å². The van der Waals surface area contributed by atoms with Crippen molar-refractivity contribution in [2.75, 3.05) is 6.54 Å². The van der Waals surface area contributed by atoms with Crippen LogP contribution in [0.25, 0.3) is 0 Å². The van der Waals surface area contributed by atoms with E-state index in [1.807, 2.05) is 37.3 Å². The predicted molar refractivity (Wildman–Crippen MR) is 75.9 cm³/mol. The fourth-order valence-electron chi connectivity index (χ4n) is 1.63. The fourth-order valence-corrected chi connectivity index (χ4v) is 1.97. The molecule has 4 heteroatoms. The molecule has 0 bridgehead atoms. The molecule has 0 unspecified atom stereocenters. The number of ether oxygens (including phenoxy) is 1. The Hall–Kier alpha value is -1.39. The van der Waals surface area contributed by atoms with Gasteiger partial charge in [0.2, 0.25) is 0 Å². The fraction of sp³-hybridized carbons (Fsp3) is 0.214. The maximum Gasteiger partial charge on any atom is 0.145 e. The van der Waals surface area contributed by atoms with Gasteiger partial charge in [0.05, 0.1) is 6.20 Å². The number of rotatable bonds is 4. The molecule has 1 heterocycles. The summed E-state index contributed by atoms with van der Waals surface area (Å²) in [5, 5.41) is 0. The van der Waals surface area contributed by atoms with E-state index in [4.69, 9.17) is 10.5 Å². The van der Waals surface area contributed by atoms with Crippen molar-refractivity contribution in [2.45, 2.75) is 13.3 Å². The Morgan fingerprint density at radius 2 is 2.11 bits per heavy atom. The van der Waals surface area contributed by atoms with Gasteiger partial charge in [-0.25, -0.2) is 0 Å². The second kappa shape index (κ2) is 5.98. The van der Waals surface area contributed by atoms with Gasteiger partial charge in [-0.1, -0.05) is 22.0 Å². The summed E-state index contributed by atoms with van der Waals surface area (Å²) in [6.07, 6.45) is 2.52. The summed E-state index contributed by atoms with van der Waals surface area (Å²) in [4.78, 5) is 4.21. The van der Waals surface area contributed by atoms with E-state index in [1.54, 1.807) is 6.20 Å². The van der Waals surface area contributed by atoms with E-state index in [0.717, 1.165) is 33.6 Å². The van der Waals surface area contributed by atoms with Crippen molar-refractivity contribution in [3.63, 3.8) is 0 Å². The molecule has 2 rings (SSSR count). The molecule has 0 amide bonds. The van der Waals surface area contributed by atoms with Crippen LogP contribution in [0.2, 0.25) is 0 Å². The number of pyridine rings is 1. The van der Waals surface area contributed by atoms with Crippen LogP contribution in [0.5, 0.6) is 11.5 Å². The second-order valence-corrected chi connectivity index (χ2v) is 4.94. The average Bonchev–Trinajstić information content (AvgIpc) is 2.36. The van der Waals surface area contributed by atoms with Crippen LogP contribution < -0.4 is 10.5 Å². The van der Waals surface area contributed by atoms with Crippen molar-refractivity contribution >= 4 is 15.9 Å². The summed E-state index contributed by atoms with van der Waals surface area (Å²) in [6.45, 7) is 2.55. The van der Waals surface area contributed by atoms with Crippen LogP contribution in [-0.4, -0.2) is 11.5 Å². The molecular formula is C14H15BrN2O. The third-order valence-corrected chi connectivity index (χ3v) is 3.05. The summed E-state index contributed by atoms with van der Waals surface area (Å²) in [7, 11) is 0. The SMILES string of the molecule is Cc1ccc(Oc2cc(Br)ccc2CCN)cn1. The number of benzene rings is 1. The molecule has 0 aliphatic rings. The number of nitrogens with two attached hydrogens (primary N) is 1. The maximum atomic E-state index is 5.85. The van der Waals surface area contributed by atoms with Crippen LogP contribution in [0.4, 0.5) is 0 Å². The third-order valence-electron chi connectivity index (χ3n) is 2.55. The van der Waals surface area contributed by atoms with Gasteiger partial charge in [0.15, 0.2) is 0 Å². The molecule has 1 aromatic heterocycles. The highest BCUT2D eigenvalue weighted by atomic mass is 79.9. The molecule has 0 radical (unpaired) electrons. The summed E-state index contributed by atoms with van der Waals surface area (Å²) >= 11 is 3.45. The normalized spacial score (nSPS) is 10.4. The van der Waals surface area contributed by atoms with E-state index < -0.39 is 0 Å². The number of aromatic nitrogens is 1. The zero-order valence-corrected chi connectivity index (χ0v) is 11.8. The standard InChI is InChI=1S/C14H15BrN2O/c1-10-2-5-13(9-17-10)18-14-8-12(15)4-3-11(14)6-7-16/h2-5,8-9H,6-7,16H2,1H3. The molecule has 0 atom stereocenters. The van der Waals surface area contributed by atoms with E-state index in [0.29, 0.717) is 6.54 Å². The Labute approximate surface area is 115 Å². The smallest absolute Gasteiger partial charge is 0.145 e. The molecule has 0 saturated carbocycles. The molecule has 1 aromatic carbocycles. The van der Waals surface area contributed by atoms with E-state index in [9.17, 15) is 0 Å². The molecule has 0 spiro atoms. The zero-order valence-electron chi connectivity index (χ0n) is 10.2. The quantitative estimate of drug-likeness (QED) is 0.941. The molecule has 2 aromatic rings. The van der Waals surface area contributed by atoms with Crippen molar-refractivity contribution in [3.8, 4) is 11.5 Å². The Bertz CT molecular complexity index is 526.